The summed E-state index contributed by atoms with van der Waals surface area (Å²) in [5.74, 6) is -2.03. The molecule has 1 fully saturated rings. The molecule has 0 bridgehead atoms. The first-order chi connectivity index (χ1) is 26.0. The van der Waals surface area contributed by atoms with Gasteiger partial charge in [0.2, 0.25) is 0 Å². The molecule has 1 heterocycles. The Morgan fingerprint density at radius 3 is 1.69 bits per heavy atom. The Bertz CT molecular complexity index is 1150. The van der Waals surface area contributed by atoms with Crippen LogP contribution in [0.3, 0.4) is 0 Å². The number of ether oxygens (including phenoxy) is 4. The predicted octanol–water partition coefficient (Wildman–Crippen LogP) is 7.44. The van der Waals surface area contributed by atoms with Gasteiger partial charge in [0, 0.05) is 12.8 Å². The molecule has 0 spiro atoms. The minimum absolute atomic E-state index is 0.116. The molecule has 0 radical (unpaired) electrons. The van der Waals surface area contributed by atoms with Crippen LogP contribution in [0.1, 0.15) is 155 Å². The molecule has 1 aliphatic heterocycles. The number of carbonyl (C=O) groups excluding carboxylic acids is 2. The lowest BCUT2D eigenvalue weighted by molar-refractivity contribution is -0.297. The van der Waals surface area contributed by atoms with Crippen molar-refractivity contribution < 1.29 is 56.8 Å². The van der Waals surface area contributed by atoms with Gasteiger partial charge in [-0.05, 0) is 51.4 Å². The molecule has 4 N–H and O–H groups in total. The van der Waals surface area contributed by atoms with Gasteiger partial charge in [-0.1, -0.05) is 127 Å². The van der Waals surface area contributed by atoms with Gasteiger partial charge >= 0.3 is 11.9 Å². The maximum Gasteiger partial charge on any atom is 0.306 e. The van der Waals surface area contributed by atoms with Crippen LogP contribution in [0.15, 0.2) is 36.5 Å². The van der Waals surface area contributed by atoms with Gasteiger partial charge in [-0.3, -0.25) is 14.1 Å². The third-order valence-corrected chi connectivity index (χ3v) is 9.97. The minimum Gasteiger partial charge on any atom is -0.462 e. The van der Waals surface area contributed by atoms with Crippen molar-refractivity contribution in [3.05, 3.63) is 36.5 Å². The molecule has 2 unspecified atom stereocenters. The Morgan fingerprint density at radius 2 is 1.11 bits per heavy atom. The molecule has 0 aliphatic carbocycles. The highest BCUT2D eigenvalue weighted by Gasteiger charge is 2.46. The smallest absolute Gasteiger partial charge is 0.306 e. The van der Waals surface area contributed by atoms with Gasteiger partial charge in [-0.25, -0.2) is 0 Å². The zero-order valence-corrected chi connectivity index (χ0v) is 33.9. The monoisotopic (exact) mass is 788 g/mol. The number of esters is 2. The zero-order chi connectivity index (χ0) is 39.9. The Balaban J connectivity index is 2.54. The van der Waals surface area contributed by atoms with Crippen LogP contribution in [-0.4, -0.2) is 96.0 Å². The Morgan fingerprint density at radius 1 is 0.630 bits per heavy atom. The lowest BCUT2D eigenvalue weighted by Crippen LogP contribution is -2.60. The van der Waals surface area contributed by atoms with Crippen LogP contribution in [0.4, 0.5) is 0 Å². The summed E-state index contributed by atoms with van der Waals surface area (Å²) in [6, 6.07) is 0. The molecule has 0 amide bonds. The van der Waals surface area contributed by atoms with Crippen molar-refractivity contribution in [3.8, 4) is 0 Å². The van der Waals surface area contributed by atoms with Gasteiger partial charge in [0.05, 0.1) is 6.61 Å². The van der Waals surface area contributed by atoms with E-state index >= 15 is 0 Å². The summed E-state index contributed by atoms with van der Waals surface area (Å²) in [6.45, 7) is 3.67. The van der Waals surface area contributed by atoms with Crippen LogP contribution >= 0.6 is 0 Å². The number of hydrogen-bond acceptors (Lipinski definition) is 11. The number of hydrogen-bond donors (Lipinski definition) is 4. The van der Waals surface area contributed by atoms with Crippen molar-refractivity contribution in [2.75, 3.05) is 19.0 Å². The Labute approximate surface area is 325 Å². The fraction of sp³-hybridized carbons (Fsp3) is 0.805. The second-order valence-electron chi connectivity index (χ2n) is 14.3. The third-order valence-electron chi connectivity index (χ3n) is 9.22. The molecule has 12 nitrogen and oxygen atoms in total. The van der Waals surface area contributed by atoms with E-state index < -0.39 is 71.2 Å². The molecule has 1 rings (SSSR count). The summed E-state index contributed by atoms with van der Waals surface area (Å²) in [7, 11) is -4.60. The SMILES string of the molecule is CCCCC/C=C/C/C=C/C/C=C/CCCCC(=O)O[C@H](COC(=O)CCCCCCCCCCCCC)CO[C@H]1O[C@H](CS(=O)(=O)O)[C@@H](O)C(O)C1O. The molecule has 1 aliphatic rings. The molecule has 0 saturated carbocycles. The van der Waals surface area contributed by atoms with E-state index in [1.807, 2.05) is 0 Å². The van der Waals surface area contributed by atoms with Gasteiger partial charge in [0.1, 0.15) is 36.8 Å². The van der Waals surface area contributed by atoms with E-state index in [-0.39, 0.29) is 19.4 Å². The summed E-state index contributed by atoms with van der Waals surface area (Å²) in [4.78, 5) is 25.2. The van der Waals surface area contributed by atoms with E-state index in [2.05, 4.69) is 50.3 Å². The van der Waals surface area contributed by atoms with Gasteiger partial charge in [0.15, 0.2) is 12.4 Å². The number of unbranched alkanes of at least 4 members (excludes halogenated alkanes) is 15. The zero-order valence-electron chi connectivity index (χ0n) is 33.1. The van der Waals surface area contributed by atoms with Crippen LogP contribution in [0, 0.1) is 0 Å². The van der Waals surface area contributed by atoms with E-state index in [0.29, 0.717) is 12.8 Å². The maximum absolute atomic E-state index is 12.7. The topological polar surface area (TPSA) is 186 Å². The molecular weight excluding hydrogens is 717 g/mol. The first-order valence-corrected chi connectivity index (χ1v) is 22.2. The molecule has 0 aromatic carbocycles. The quantitative estimate of drug-likeness (QED) is 0.0223. The first-order valence-electron chi connectivity index (χ1n) is 20.5. The number of allylic oxidation sites excluding steroid dienone is 6. The van der Waals surface area contributed by atoms with Gasteiger partial charge in [-0.15, -0.1) is 0 Å². The van der Waals surface area contributed by atoms with Gasteiger partial charge < -0.3 is 34.3 Å². The van der Waals surface area contributed by atoms with Crippen LogP contribution in [0.5, 0.6) is 0 Å². The highest BCUT2D eigenvalue weighted by molar-refractivity contribution is 7.85. The second kappa shape index (κ2) is 32.0. The van der Waals surface area contributed by atoms with Crippen molar-refractivity contribution >= 4 is 22.1 Å². The second-order valence-corrected chi connectivity index (χ2v) is 15.8. The summed E-state index contributed by atoms with van der Waals surface area (Å²) in [5, 5.41) is 30.8. The fourth-order valence-electron chi connectivity index (χ4n) is 5.98. The maximum atomic E-state index is 12.7. The summed E-state index contributed by atoms with van der Waals surface area (Å²) < 4.78 is 53.8. The lowest BCUT2D eigenvalue weighted by Gasteiger charge is -2.40. The number of rotatable bonds is 33. The van der Waals surface area contributed by atoms with Crippen molar-refractivity contribution in [2.45, 2.75) is 192 Å². The molecule has 0 aromatic heterocycles. The predicted molar refractivity (Wildman–Crippen MR) is 210 cm³/mol. The number of aliphatic hydroxyl groups is 3. The molecule has 13 heteroatoms. The molecule has 6 atom stereocenters. The largest absolute Gasteiger partial charge is 0.462 e. The number of aliphatic hydroxyl groups excluding tert-OH is 3. The van der Waals surface area contributed by atoms with E-state index in [1.165, 1.54) is 64.2 Å². The summed E-state index contributed by atoms with van der Waals surface area (Å²) in [5.41, 5.74) is 0. The van der Waals surface area contributed by atoms with Gasteiger partial charge in [-0.2, -0.15) is 8.42 Å². The highest BCUT2D eigenvalue weighted by Crippen LogP contribution is 2.24. The van der Waals surface area contributed by atoms with Crippen molar-refractivity contribution in [1.82, 2.24) is 0 Å². The van der Waals surface area contributed by atoms with E-state index in [0.717, 1.165) is 51.4 Å². The summed E-state index contributed by atoms with van der Waals surface area (Å²) >= 11 is 0. The van der Waals surface area contributed by atoms with Crippen molar-refractivity contribution in [3.63, 3.8) is 0 Å². The molecule has 54 heavy (non-hydrogen) atoms. The average molecular weight is 789 g/mol. The lowest BCUT2D eigenvalue weighted by atomic mass is 10.00. The van der Waals surface area contributed by atoms with Crippen LogP contribution in [-0.2, 0) is 38.7 Å². The first kappa shape index (κ1) is 49.9. The third kappa shape index (κ3) is 26.6. The number of carbonyl (C=O) groups is 2. The van der Waals surface area contributed by atoms with Crippen LogP contribution in [0.2, 0.25) is 0 Å². The normalized spacial score (nSPS) is 21.3. The van der Waals surface area contributed by atoms with Crippen LogP contribution < -0.4 is 0 Å². The fourth-order valence-corrected chi connectivity index (χ4v) is 6.67. The standard InChI is InChI=1S/C41H72O12S/c1-3-5-7-9-11-13-15-16-17-18-20-22-24-26-28-30-37(43)52-34(31-50-36(42)29-27-25-23-21-19-14-12-10-8-6-4-2)32-51-41-40(46)39(45)38(44)35(53-41)33-54(47,48)49/h11,13,16-17,20,22,34-35,38-41,44-46H,3-10,12,14-15,18-19,21,23-33H2,1-2H3,(H,47,48,49)/b13-11+,17-16+,22-20+/t34-,35-,38-,39?,40?,41+/m1/s1. The molecule has 0 aromatic rings. The summed E-state index contributed by atoms with van der Waals surface area (Å²) in [6.07, 6.45) is 24.9. The van der Waals surface area contributed by atoms with E-state index in [1.54, 1.807) is 0 Å². The molecule has 314 valence electrons. The highest BCUT2D eigenvalue weighted by atomic mass is 32.2. The molecular formula is C41H72O12S. The van der Waals surface area contributed by atoms with Crippen molar-refractivity contribution in [1.29, 1.82) is 0 Å². The minimum atomic E-state index is -4.60. The van der Waals surface area contributed by atoms with E-state index in [4.69, 9.17) is 18.9 Å². The van der Waals surface area contributed by atoms with E-state index in [9.17, 15) is 37.9 Å². The Kier molecular flexibility index (Phi) is 29.6. The average Bonchev–Trinajstić information content (AvgIpc) is 3.13. The Hall–Kier alpha value is -2.13. The van der Waals surface area contributed by atoms with Crippen LogP contribution in [0.25, 0.3) is 0 Å². The van der Waals surface area contributed by atoms with Gasteiger partial charge in [0.25, 0.3) is 10.1 Å². The van der Waals surface area contributed by atoms with Crippen molar-refractivity contribution in [2.24, 2.45) is 0 Å². The molecule has 1 saturated heterocycles.